The minimum absolute atomic E-state index is 0.130. The molecule has 0 fully saturated rings. The summed E-state index contributed by atoms with van der Waals surface area (Å²) in [6.45, 7) is 6.05. The molecule has 1 atom stereocenters. The molecule has 1 aromatic heterocycles. The summed E-state index contributed by atoms with van der Waals surface area (Å²) in [6, 6.07) is 21.5. The number of anilines is 1. The van der Waals surface area contributed by atoms with E-state index in [4.69, 9.17) is 12.2 Å². The average Bonchev–Trinajstić information content (AvgIpc) is 3.13. The molecule has 1 aliphatic rings. The molecule has 2 heterocycles. The van der Waals surface area contributed by atoms with Crippen LogP contribution in [0.5, 0.6) is 0 Å². The number of nitrogens with zero attached hydrogens (tertiary/aromatic N) is 2. The fraction of sp³-hybridized carbons (Fsp3) is 0.227. The number of nitrogens with one attached hydrogen (secondary N) is 1. The Balaban J connectivity index is 1.68. The summed E-state index contributed by atoms with van der Waals surface area (Å²) >= 11 is 5.84. The molecule has 3 nitrogen and oxygen atoms in total. The largest absolute Gasteiger partial charge is 0.348 e. The van der Waals surface area contributed by atoms with Crippen molar-refractivity contribution in [3.63, 3.8) is 0 Å². The van der Waals surface area contributed by atoms with E-state index in [9.17, 15) is 0 Å². The highest BCUT2D eigenvalue weighted by Gasteiger charge is 2.30. The van der Waals surface area contributed by atoms with E-state index >= 15 is 0 Å². The Hall–Kier alpha value is -2.59. The van der Waals surface area contributed by atoms with Gasteiger partial charge >= 0.3 is 0 Å². The van der Waals surface area contributed by atoms with Gasteiger partial charge in [0.2, 0.25) is 0 Å². The van der Waals surface area contributed by atoms with Gasteiger partial charge in [-0.1, -0.05) is 42.5 Å². The van der Waals surface area contributed by atoms with Crippen LogP contribution in [0.3, 0.4) is 0 Å². The molecule has 2 aromatic carbocycles. The van der Waals surface area contributed by atoms with Crippen LogP contribution < -0.4 is 5.32 Å². The smallest absolute Gasteiger partial charge is 0.174 e. The average molecular weight is 362 g/mol. The van der Waals surface area contributed by atoms with E-state index in [1.165, 1.54) is 22.4 Å². The maximum absolute atomic E-state index is 5.84. The van der Waals surface area contributed by atoms with Crippen molar-refractivity contribution < 1.29 is 0 Å². The predicted octanol–water partition coefficient (Wildman–Crippen LogP) is 4.91. The van der Waals surface area contributed by atoms with Crippen LogP contribution in [0.4, 0.5) is 5.69 Å². The van der Waals surface area contributed by atoms with Crippen LogP contribution in [0.1, 0.15) is 28.4 Å². The van der Waals surface area contributed by atoms with Gasteiger partial charge < -0.3 is 14.8 Å². The van der Waals surface area contributed by atoms with Gasteiger partial charge in [0.1, 0.15) is 0 Å². The van der Waals surface area contributed by atoms with Crippen LogP contribution >= 0.6 is 12.2 Å². The van der Waals surface area contributed by atoms with Crippen molar-refractivity contribution in [3.8, 4) is 0 Å². The van der Waals surface area contributed by atoms with E-state index in [1.807, 2.05) is 0 Å². The lowest BCUT2D eigenvalue weighted by atomic mass is 10.0. The third kappa shape index (κ3) is 3.13. The minimum Gasteiger partial charge on any atom is -0.348 e. The summed E-state index contributed by atoms with van der Waals surface area (Å²) in [5.41, 5.74) is 6.07. The molecule has 4 rings (SSSR count). The van der Waals surface area contributed by atoms with Gasteiger partial charge in [0.15, 0.2) is 5.11 Å². The van der Waals surface area contributed by atoms with Crippen LogP contribution in [0.15, 0.2) is 66.9 Å². The number of aromatic nitrogens is 1. The summed E-state index contributed by atoms with van der Waals surface area (Å²) in [4.78, 5) is 2.31. The molecule has 0 saturated heterocycles. The fourth-order valence-electron chi connectivity index (χ4n) is 3.65. The Bertz CT molecular complexity index is 930. The molecule has 132 valence electrons. The molecule has 1 aliphatic heterocycles. The van der Waals surface area contributed by atoms with Gasteiger partial charge in [0, 0.05) is 30.7 Å². The fourth-order valence-corrected chi connectivity index (χ4v) is 3.95. The molecule has 0 bridgehead atoms. The van der Waals surface area contributed by atoms with Crippen molar-refractivity contribution in [3.05, 3.63) is 89.2 Å². The van der Waals surface area contributed by atoms with E-state index in [0.717, 1.165) is 23.9 Å². The normalized spacial score (nSPS) is 16.2. The zero-order valence-corrected chi connectivity index (χ0v) is 16.0. The highest BCUT2D eigenvalue weighted by molar-refractivity contribution is 7.80. The number of rotatable bonds is 2. The van der Waals surface area contributed by atoms with Gasteiger partial charge in [-0.3, -0.25) is 0 Å². The second-order valence-corrected chi connectivity index (χ2v) is 7.27. The minimum atomic E-state index is 0.130. The van der Waals surface area contributed by atoms with Crippen LogP contribution in [0, 0.1) is 13.8 Å². The van der Waals surface area contributed by atoms with Crippen molar-refractivity contribution in [2.45, 2.75) is 26.4 Å². The molecule has 0 saturated carbocycles. The zero-order chi connectivity index (χ0) is 18.1. The summed E-state index contributed by atoms with van der Waals surface area (Å²) in [6.07, 6.45) is 2.16. The Morgan fingerprint density at radius 3 is 2.62 bits per heavy atom. The third-order valence-electron chi connectivity index (χ3n) is 5.05. The lowest BCUT2D eigenvalue weighted by Gasteiger charge is -2.39. The SMILES string of the molecule is Cc1ccc(C)c(NC(=S)N2CCn3cccc3[C@@H]2c2ccccc2)c1. The lowest BCUT2D eigenvalue weighted by Crippen LogP contribution is -2.44. The maximum Gasteiger partial charge on any atom is 0.174 e. The summed E-state index contributed by atoms with van der Waals surface area (Å²) < 4.78 is 2.33. The molecule has 0 unspecified atom stereocenters. The number of hydrogen-bond acceptors (Lipinski definition) is 1. The zero-order valence-electron chi connectivity index (χ0n) is 15.1. The van der Waals surface area contributed by atoms with Gasteiger partial charge in [-0.05, 0) is 61.0 Å². The summed E-state index contributed by atoms with van der Waals surface area (Å²) in [5.74, 6) is 0. The quantitative estimate of drug-likeness (QED) is 0.655. The van der Waals surface area contributed by atoms with Gasteiger partial charge in [-0.15, -0.1) is 0 Å². The van der Waals surface area contributed by atoms with E-state index in [1.54, 1.807) is 0 Å². The van der Waals surface area contributed by atoms with Crippen molar-refractivity contribution in [2.75, 3.05) is 11.9 Å². The number of thiocarbonyl (C=S) groups is 1. The molecule has 0 spiro atoms. The van der Waals surface area contributed by atoms with E-state index in [2.05, 4.69) is 95.5 Å². The highest BCUT2D eigenvalue weighted by Crippen LogP contribution is 2.33. The number of benzene rings is 2. The Labute approximate surface area is 160 Å². The molecular formula is C22H23N3S. The lowest BCUT2D eigenvalue weighted by molar-refractivity contribution is 0.293. The second-order valence-electron chi connectivity index (χ2n) is 6.88. The predicted molar refractivity (Wildman–Crippen MR) is 112 cm³/mol. The molecule has 0 aliphatic carbocycles. The molecule has 3 aromatic rings. The van der Waals surface area contributed by atoms with E-state index in [-0.39, 0.29) is 6.04 Å². The van der Waals surface area contributed by atoms with Crippen molar-refractivity contribution in [1.29, 1.82) is 0 Å². The van der Waals surface area contributed by atoms with Crippen LogP contribution in [-0.4, -0.2) is 21.1 Å². The van der Waals surface area contributed by atoms with Crippen molar-refractivity contribution in [2.24, 2.45) is 0 Å². The van der Waals surface area contributed by atoms with Gasteiger partial charge in [0.05, 0.1) is 6.04 Å². The molecule has 0 amide bonds. The van der Waals surface area contributed by atoms with Gasteiger partial charge in [-0.25, -0.2) is 0 Å². The molecule has 26 heavy (non-hydrogen) atoms. The number of hydrogen-bond donors (Lipinski definition) is 1. The Morgan fingerprint density at radius 2 is 1.81 bits per heavy atom. The Kier molecular flexibility index (Phi) is 4.51. The van der Waals surface area contributed by atoms with Crippen LogP contribution in [-0.2, 0) is 6.54 Å². The monoisotopic (exact) mass is 361 g/mol. The van der Waals surface area contributed by atoms with Crippen molar-refractivity contribution in [1.82, 2.24) is 9.47 Å². The van der Waals surface area contributed by atoms with Crippen molar-refractivity contribution >= 4 is 23.0 Å². The van der Waals surface area contributed by atoms with Crippen LogP contribution in [0.25, 0.3) is 0 Å². The highest BCUT2D eigenvalue weighted by atomic mass is 32.1. The first-order chi connectivity index (χ1) is 12.6. The topological polar surface area (TPSA) is 20.2 Å². The first-order valence-electron chi connectivity index (χ1n) is 8.98. The third-order valence-corrected chi connectivity index (χ3v) is 5.39. The summed E-state index contributed by atoms with van der Waals surface area (Å²) in [5, 5.41) is 4.27. The van der Waals surface area contributed by atoms with E-state index in [0.29, 0.717) is 0 Å². The Morgan fingerprint density at radius 1 is 1.00 bits per heavy atom. The van der Waals surface area contributed by atoms with Gasteiger partial charge in [-0.2, -0.15) is 0 Å². The molecular weight excluding hydrogens is 338 g/mol. The molecule has 1 N–H and O–H groups in total. The molecule has 4 heteroatoms. The first-order valence-corrected chi connectivity index (χ1v) is 9.39. The van der Waals surface area contributed by atoms with E-state index < -0.39 is 0 Å². The van der Waals surface area contributed by atoms with Crippen LogP contribution in [0.2, 0.25) is 0 Å². The summed E-state index contributed by atoms with van der Waals surface area (Å²) in [7, 11) is 0. The second kappa shape index (κ2) is 6.96. The molecule has 0 radical (unpaired) electrons. The van der Waals surface area contributed by atoms with Gasteiger partial charge in [0.25, 0.3) is 0 Å². The first kappa shape index (κ1) is 16.9. The maximum atomic E-state index is 5.84. The number of fused-ring (bicyclic) bond motifs is 1. The standard InChI is InChI=1S/C22H23N3S/c1-16-10-11-17(2)19(15-16)23-22(26)25-14-13-24-12-6-9-20(24)21(25)18-7-4-3-5-8-18/h3-12,15,21H,13-14H2,1-2H3,(H,23,26)/t21-/m0/s1. The number of aryl methyl sites for hydroxylation is 2.